The lowest BCUT2D eigenvalue weighted by molar-refractivity contribution is -0.118. The highest BCUT2D eigenvalue weighted by Gasteiger charge is 2.17. The number of hydrogen-bond donors (Lipinski definition) is 1. The fraction of sp³-hybridized carbons (Fsp3) is 0.235. The van der Waals surface area contributed by atoms with E-state index in [-0.39, 0.29) is 11.3 Å². The summed E-state index contributed by atoms with van der Waals surface area (Å²) >= 11 is 0. The molecular weight excluding hydrogens is 298 g/mol. The van der Waals surface area contributed by atoms with Crippen LogP contribution >= 0.6 is 0 Å². The third-order valence-electron chi connectivity index (χ3n) is 3.34. The van der Waals surface area contributed by atoms with Crippen molar-refractivity contribution in [3.63, 3.8) is 0 Å². The molecule has 0 saturated heterocycles. The Hall–Kier alpha value is -2.14. The van der Waals surface area contributed by atoms with Gasteiger partial charge in [-0.1, -0.05) is 48.9 Å². The first-order chi connectivity index (χ1) is 10.4. The Balaban J connectivity index is 2.09. The minimum Gasteiger partial charge on any atom is -0.274 e. The molecule has 0 fully saturated rings. The van der Waals surface area contributed by atoms with Crippen LogP contribution in [0.1, 0.15) is 23.6 Å². The van der Waals surface area contributed by atoms with E-state index in [0.717, 1.165) is 23.1 Å². The van der Waals surface area contributed by atoms with E-state index in [1.807, 2.05) is 38.1 Å². The molecule has 22 heavy (non-hydrogen) atoms. The molecule has 0 aliphatic heterocycles. The van der Waals surface area contributed by atoms with Crippen LogP contribution in [0.5, 0.6) is 0 Å². The summed E-state index contributed by atoms with van der Waals surface area (Å²) in [4.78, 5) is 12.1. The van der Waals surface area contributed by atoms with Crippen molar-refractivity contribution in [1.82, 2.24) is 4.72 Å². The van der Waals surface area contributed by atoms with Gasteiger partial charge in [0.05, 0.1) is 11.3 Å². The van der Waals surface area contributed by atoms with Crippen molar-refractivity contribution in [3.8, 4) is 0 Å². The van der Waals surface area contributed by atoms with Gasteiger partial charge in [-0.3, -0.25) is 4.79 Å². The molecule has 0 atom stereocenters. The van der Waals surface area contributed by atoms with Crippen LogP contribution in [0.2, 0.25) is 0 Å². The molecule has 1 N–H and O–H groups in total. The maximum absolute atomic E-state index is 12.1. The molecule has 0 heterocycles. The first-order valence-corrected chi connectivity index (χ1v) is 8.59. The van der Waals surface area contributed by atoms with Crippen LogP contribution < -0.4 is 4.72 Å². The Bertz CT molecular complexity index is 765. The molecule has 4 nitrogen and oxygen atoms in total. The monoisotopic (exact) mass is 317 g/mol. The van der Waals surface area contributed by atoms with Crippen molar-refractivity contribution >= 4 is 15.9 Å². The van der Waals surface area contributed by atoms with Crippen LogP contribution in [0.25, 0.3) is 0 Å². The highest BCUT2D eigenvalue weighted by molar-refractivity contribution is 7.90. The standard InChI is InChI=1S/C17H19NO3S/c1-3-14-5-4-6-15(11-14)12-17(19)18-22(20,21)16-9-7-13(2)8-10-16/h4-11H,3,12H2,1-2H3,(H,18,19). The fourth-order valence-corrected chi connectivity index (χ4v) is 3.09. The number of rotatable bonds is 5. The zero-order valence-electron chi connectivity index (χ0n) is 12.7. The van der Waals surface area contributed by atoms with Gasteiger partial charge >= 0.3 is 0 Å². The average molecular weight is 317 g/mol. The van der Waals surface area contributed by atoms with E-state index in [1.165, 1.54) is 12.1 Å². The Morgan fingerprint density at radius 2 is 1.68 bits per heavy atom. The van der Waals surface area contributed by atoms with Crippen LogP contribution in [-0.2, 0) is 27.7 Å². The van der Waals surface area contributed by atoms with Crippen LogP contribution in [-0.4, -0.2) is 14.3 Å². The van der Waals surface area contributed by atoms with Gasteiger partial charge in [0, 0.05) is 0 Å². The molecule has 1 amide bonds. The van der Waals surface area contributed by atoms with Crippen molar-refractivity contribution in [1.29, 1.82) is 0 Å². The van der Waals surface area contributed by atoms with Gasteiger partial charge in [0.1, 0.15) is 0 Å². The number of aryl methyl sites for hydroxylation is 2. The Kier molecular flexibility index (Phi) is 4.98. The molecular formula is C17H19NO3S. The normalized spacial score (nSPS) is 11.2. The third kappa shape index (κ3) is 4.18. The number of amides is 1. The number of benzene rings is 2. The Morgan fingerprint density at radius 3 is 2.32 bits per heavy atom. The second-order valence-corrected chi connectivity index (χ2v) is 6.87. The molecule has 0 unspecified atom stereocenters. The zero-order chi connectivity index (χ0) is 16.2. The number of hydrogen-bond acceptors (Lipinski definition) is 3. The fourth-order valence-electron chi connectivity index (χ4n) is 2.11. The van der Waals surface area contributed by atoms with Crippen molar-refractivity contribution in [2.75, 3.05) is 0 Å². The van der Waals surface area contributed by atoms with Gasteiger partial charge in [0.25, 0.3) is 10.0 Å². The highest BCUT2D eigenvalue weighted by Crippen LogP contribution is 2.11. The first-order valence-electron chi connectivity index (χ1n) is 7.11. The third-order valence-corrected chi connectivity index (χ3v) is 4.73. The van der Waals surface area contributed by atoms with E-state index in [2.05, 4.69) is 4.72 Å². The molecule has 0 bridgehead atoms. The molecule has 116 valence electrons. The van der Waals surface area contributed by atoms with Gasteiger partial charge in [0.2, 0.25) is 5.91 Å². The van der Waals surface area contributed by atoms with Crippen LogP contribution in [0.3, 0.4) is 0 Å². The van der Waals surface area contributed by atoms with Crippen LogP contribution in [0.15, 0.2) is 53.4 Å². The van der Waals surface area contributed by atoms with E-state index >= 15 is 0 Å². The van der Waals surface area contributed by atoms with Crippen molar-refractivity contribution in [2.24, 2.45) is 0 Å². The summed E-state index contributed by atoms with van der Waals surface area (Å²) < 4.78 is 26.4. The summed E-state index contributed by atoms with van der Waals surface area (Å²) in [5, 5.41) is 0. The minimum atomic E-state index is -3.81. The van der Waals surface area contributed by atoms with Crippen LogP contribution in [0.4, 0.5) is 0 Å². The smallest absolute Gasteiger partial charge is 0.264 e. The maximum atomic E-state index is 12.1. The lowest BCUT2D eigenvalue weighted by Gasteiger charge is -2.08. The number of carbonyl (C=O) groups is 1. The topological polar surface area (TPSA) is 63.2 Å². The predicted molar refractivity (Wildman–Crippen MR) is 86.0 cm³/mol. The molecule has 0 radical (unpaired) electrons. The van der Waals surface area contributed by atoms with Crippen molar-refractivity contribution in [2.45, 2.75) is 31.6 Å². The molecule has 0 spiro atoms. The largest absolute Gasteiger partial charge is 0.274 e. The number of nitrogens with one attached hydrogen (secondary N) is 1. The van der Waals surface area contributed by atoms with E-state index in [1.54, 1.807) is 12.1 Å². The summed E-state index contributed by atoms with van der Waals surface area (Å²) in [5.41, 5.74) is 2.88. The molecule has 0 aromatic heterocycles. The van der Waals surface area contributed by atoms with Crippen molar-refractivity contribution < 1.29 is 13.2 Å². The Morgan fingerprint density at radius 1 is 1.05 bits per heavy atom. The van der Waals surface area contributed by atoms with E-state index in [9.17, 15) is 13.2 Å². The summed E-state index contributed by atoms with van der Waals surface area (Å²) in [5.74, 6) is -0.533. The maximum Gasteiger partial charge on any atom is 0.264 e. The lowest BCUT2D eigenvalue weighted by atomic mass is 10.1. The quantitative estimate of drug-likeness (QED) is 0.922. The molecule has 2 rings (SSSR count). The molecule has 2 aromatic rings. The van der Waals surface area contributed by atoms with Gasteiger partial charge in [-0.05, 0) is 36.6 Å². The highest BCUT2D eigenvalue weighted by atomic mass is 32.2. The number of carbonyl (C=O) groups excluding carboxylic acids is 1. The summed E-state index contributed by atoms with van der Waals surface area (Å²) in [6.07, 6.45) is 0.913. The average Bonchev–Trinajstić information content (AvgIpc) is 2.47. The molecule has 0 saturated carbocycles. The van der Waals surface area contributed by atoms with Gasteiger partial charge in [-0.2, -0.15) is 0 Å². The predicted octanol–water partition coefficient (Wildman–Crippen LogP) is 2.61. The Labute approximate surface area is 131 Å². The van der Waals surface area contributed by atoms with Gasteiger partial charge < -0.3 is 0 Å². The second kappa shape index (κ2) is 6.75. The number of sulfonamides is 1. The van der Waals surface area contributed by atoms with Crippen LogP contribution in [0, 0.1) is 6.92 Å². The van der Waals surface area contributed by atoms with Gasteiger partial charge in [-0.25, -0.2) is 13.1 Å². The van der Waals surface area contributed by atoms with E-state index < -0.39 is 15.9 Å². The summed E-state index contributed by atoms with van der Waals surface area (Å²) in [6.45, 7) is 3.90. The summed E-state index contributed by atoms with van der Waals surface area (Å²) in [6, 6.07) is 14.0. The minimum absolute atomic E-state index is 0.0406. The molecule has 0 aliphatic carbocycles. The molecule has 0 aliphatic rings. The SMILES string of the molecule is CCc1cccc(CC(=O)NS(=O)(=O)c2ccc(C)cc2)c1. The van der Waals surface area contributed by atoms with E-state index in [0.29, 0.717) is 0 Å². The van der Waals surface area contributed by atoms with E-state index in [4.69, 9.17) is 0 Å². The van der Waals surface area contributed by atoms with Gasteiger partial charge in [-0.15, -0.1) is 0 Å². The lowest BCUT2D eigenvalue weighted by Crippen LogP contribution is -2.31. The van der Waals surface area contributed by atoms with Crippen molar-refractivity contribution in [3.05, 3.63) is 65.2 Å². The molecule has 2 aromatic carbocycles. The molecule has 5 heteroatoms. The second-order valence-electron chi connectivity index (χ2n) is 5.19. The van der Waals surface area contributed by atoms with Gasteiger partial charge in [0.15, 0.2) is 0 Å². The summed E-state index contributed by atoms with van der Waals surface area (Å²) in [7, 11) is -3.81. The zero-order valence-corrected chi connectivity index (χ0v) is 13.5. The first kappa shape index (κ1) is 16.2.